The summed E-state index contributed by atoms with van der Waals surface area (Å²) < 4.78 is 0. The maximum absolute atomic E-state index is 11.6. The molecular weight excluding hydrogens is 202 g/mol. The average Bonchev–Trinajstić information content (AvgIpc) is 2.54. The Kier molecular flexibility index (Phi) is 5.26. The molecule has 1 fully saturated rings. The molecule has 0 bridgehead atoms. The summed E-state index contributed by atoms with van der Waals surface area (Å²) in [6.07, 6.45) is 8.56. The van der Waals surface area contributed by atoms with E-state index in [1.807, 2.05) is 6.92 Å². The Labute approximate surface area is 98.4 Å². The van der Waals surface area contributed by atoms with Crippen LogP contribution in [0.2, 0.25) is 0 Å². The van der Waals surface area contributed by atoms with Gasteiger partial charge in [-0.15, -0.1) is 0 Å². The molecule has 3 heteroatoms. The molecule has 0 aliphatic heterocycles. The first-order chi connectivity index (χ1) is 7.67. The molecule has 0 saturated heterocycles. The molecule has 1 atom stereocenters. The van der Waals surface area contributed by atoms with Crippen LogP contribution in [-0.4, -0.2) is 17.6 Å². The van der Waals surface area contributed by atoms with Crippen LogP contribution in [0.3, 0.4) is 0 Å². The minimum Gasteiger partial charge on any atom is -0.481 e. The van der Waals surface area contributed by atoms with E-state index in [2.05, 4.69) is 0 Å². The first kappa shape index (κ1) is 13.5. The quantitative estimate of drug-likeness (QED) is 0.710. The Morgan fingerprint density at radius 1 is 1.31 bits per heavy atom. The second-order valence-corrected chi connectivity index (χ2v) is 5.10. The largest absolute Gasteiger partial charge is 0.481 e. The first-order valence-corrected chi connectivity index (χ1v) is 6.61. The molecule has 0 aromatic rings. The lowest BCUT2D eigenvalue weighted by Gasteiger charge is -2.35. The van der Waals surface area contributed by atoms with Crippen molar-refractivity contribution in [2.24, 2.45) is 17.1 Å². The third kappa shape index (κ3) is 2.76. The molecule has 94 valence electrons. The maximum atomic E-state index is 11.6. The fourth-order valence-corrected chi connectivity index (χ4v) is 3.12. The van der Waals surface area contributed by atoms with Gasteiger partial charge in [-0.25, -0.2) is 0 Å². The van der Waals surface area contributed by atoms with Crippen molar-refractivity contribution in [1.29, 1.82) is 0 Å². The van der Waals surface area contributed by atoms with E-state index in [0.717, 1.165) is 25.7 Å². The molecule has 1 aliphatic carbocycles. The molecule has 3 nitrogen and oxygen atoms in total. The Balaban J connectivity index is 2.83. The fourth-order valence-electron chi connectivity index (χ4n) is 3.12. The summed E-state index contributed by atoms with van der Waals surface area (Å²) in [4.78, 5) is 11.6. The Morgan fingerprint density at radius 2 is 1.88 bits per heavy atom. The first-order valence-electron chi connectivity index (χ1n) is 6.61. The lowest BCUT2D eigenvalue weighted by atomic mass is 9.69. The Hall–Kier alpha value is -0.570. The van der Waals surface area contributed by atoms with Gasteiger partial charge in [0, 0.05) is 6.54 Å². The highest BCUT2D eigenvalue weighted by molar-refractivity contribution is 5.75. The molecule has 1 unspecified atom stereocenters. The van der Waals surface area contributed by atoms with Crippen LogP contribution in [0.1, 0.15) is 58.3 Å². The number of carboxylic acids is 1. The van der Waals surface area contributed by atoms with Crippen LogP contribution in [-0.2, 0) is 4.79 Å². The Bertz CT molecular complexity index is 222. The molecule has 16 heavy (non-hydrogen) atoms. The molecule has 1 saturated carbocycles. The second-order valence-electron chi connectivity index (χ2n) is 5.10. The molecule has 1 aliphatic rings. The highest BCUT2D eigenvalue weighted by Gasteiger charge is 2.43. The monoisotopic (exact) mass is 227 g/mol. The van der Waals surface area contributed by atoms with E-state index in [1.165, 1.54) is 25.7 Å². The molecule has 0 heterocycles. The van der Waals surface area contributed by atoms with Crippen molar-refractivity contribution in [3.63, 3.8) is 0 Å². The lowest BCUT2D eigenvalue weighted by Crippen LogP contribution is -2.45. The van der Waals surface area contributed by atoms with E-state index in [1.54, 1.807) is 0 Å². The van der Waals surface area contributed by atoms with Crippen molar-refractivity contribution in [2.75, 3.05) is 6.54 Å². The van der Waals surface area contributed by atoms with Gasteiger partial charge in [0.05, 0.1) is 5.41 Å². The van der Waals surface area contributed by atoms with E-state index in [-0.39, 0.29) is 5.92 Å². The van der Waals surface area contributed by atoms with Crippen LogP contribution in [0, 0.1) is 11.3 Å². The number of carboxylic acid groups (broad SMARTS) is 1. The van der Waals surface area contributed by atoms with E-state index in [9.17, 15) is 9.90 Å². The summed E-state index contributed by atoms with van der Waals surface area (Å²) in [5.41, 5.74) is 5.14. The van der Waals surface area contributed by atoms with Gasteiger partial charge >= 0.3 is 5.97 Å². The Morgan fingerprint density at radius 3 is 2.25 bits per heavy atom. The van der Waals surface area contributed by atoms with Gasteiger partial charge in [0.1, 0.15) is 0 Å². The maximum Gasteiger partial charge on any atom is 0.311 e. The van der Waals surface area contributed by atoms with Crippen LogP contribution in [0.4, 0.5) is 0 Å². The van der Waals surface area contributed by atoms with E-state index in [4.69, 9.17) is 5.73 Å². The van der Waals surface area contributed by atoms with Crippen molar-refractivity contribution in [3.8, 4) is 0 Å². The summed E-state index contributed by atoms with van der Waals surface area (Å²) in [5, 5.41) is 9.52. The summed E-state index contributed by atoms with van der Waals surface area (Å²) in [5.74, 6) is -0.388. The summed E-state index contributed by atoms with van der Waals surface area (Å²) >= 11 is 0. The van der Waals surface area contributed by atoms with Gasteiger partial charge in [0.25, 0.3) is 0 Å². The molecular formula is C13H25NO2. The van der Waals surface area contributed by atoms with Crippen LogP contribution in [0.5, 0.6) is 0 Å². The zero-order valence-electron chi connectivity index (χ0n) is 10.4. The number of aliphatic carboxylic acids is 1. The molecule has 3 N–H and O–H groups in total. The number of rotatable bonds is 5. The zero-order chi connectivity index (χ0) is 12.0. The third-order valence-corrected chi connectivity index (χ3v) is 4.12. The second kappa shape index (κ2) is 6.24. The minimum atomic E-state index is -0.677. The molecule has 0 aromatic heterocycles. The van der Waals surface area contributed by atoms with Crippen LogP contribution in [0.25, 0.3) is 0 Å². The summed E-state index contributed by atoms with van der Waals surface area (Å²) in [6, 6.07) is 0. The van der Waals surface area contributed by atoms with Gasteiger partial charge in [-0.1, -0.05) is 39.0 Å². The molecule has 0 spiro atoms. The number of hydrogen-bond donors (Lipinski definition) is 2. The van der Waals surface area contributed by atoms with Crippen molar-refractivity contribution in [1.82, 2.24) is 0 Å². The normalized spacial score (nSPS) is 22.4. The predicted molar refractivity (Wildman–Crippen MR) is 65.2 cm³/mol. The standard InChI is InChI=1S/C13H25NO2/c1-2-9-13(10-14,12(15)16)11-7-5-3-4-6-8-11/h11H,2-10,14H2,1H3,(H,15,16). The van der Waals surface area contributed by atoms with Crippen molar-refractivity contribution in [2.45, 2.75) is 58.3 Å². The van der Waals surface area contributed by atoms with Crippen molar-refractivity contribution < 1.29 is 9.90 Å². The molecule has 0 radical (unpaired) electrons. The number of nitrogens with two attached hydrogens (primary N) is 1. The van der Waals surface area contributed by atoms with Crippen LogP contribution < -0.4 is 5.73 Å². The van der Waals surface area contributed by atoms with Crippen molar-refractivity contribution in [3.05, 3.63) is 0 Å². The van der Waals surface area contributed by atoms with E-state index < -0.39 is 11.4 Å². The highest BCUT2D eigenvalue weighted by atomic mass is 16.4. The van der Waals surface area contributed by atoms with E-state index >= 15 is 0 Å². The fraction of sp³-hybridized carbons (Fsp3) is 0.923. The topological polar surface area (TPSA) is 63.3 Å². The van der Waals surface area contributed by atoms with Gasteiger partial charge in [-0.3, -0.25) is 4.79 Å². The number of carbonyl (C=O) groups is 1. The third-order valence-electron chi connectivity index (χ3n) is 4.12. The average molecular weight is 227 g/mol. The van der Waals surface area contributed by atoms with Crippen molar-refractivity contribution >= 4 is 5.97 Å². The van der Waals surface area contributed by atoms with Gasteiger partial charge < -0.3 is 10.8 Å². The van der Waals surface area contributed by atoms with Gasteiger partial charge in [0.15, 0.2) is 0 Å². The van der Waals surface area contributed by atoms with Crippen LogP contribution in [0.15, 0.2) is 0 Å². The summed E-state index contributed by atoms with van der Waals surface area (Å²) in [6.45, 7) is 2.34. The molecule has 0 amide bonds. The van der Waals surface area contributed by atoms with Gasteiger partial charge in [-0.2, -0.15) is 0 Å². The smallest absolute Gasteiger partial charge is 0.311 e. The molecule has 0 aromatic carbocycles. The SMILES string of the molecule is CCCC(CN)(C(=O)O)C1CCCCCC1. The van der Waals surface area contributed by atoms with Gasteiger partial charge in [-0.05, 0) is 25.2 Å². The van der Waals surface area contributed by atoms with E-state index in [0.29, 0.717) is 6.54 Å². The molecule has 1 rings (SSSR count). The lowest BCUT2D eigenvalue weighted by molar-refractivity contribution is -0.153. The zero-order valence-corrected chi connectivity index (χ0v) is 10.4. The highest BCUT2D eigenvalue weighted by Crippen LogP contribution is 2.40. The number of hydrogen-bond acceptors (Lipinski definition) is 2. The predicted octanol–water partition coefficient (Wildman–Crippen LogP) is 2.79. The summed E-state index contributed by atoms with van der Waals surface area (Å²) in [7, 11) is 0. The van der Waals surface area contributed by atoms with Gasteiger partial charge in [0.2, 0.25) is 0 Å². The minimum absolute atomic E-state index is 0.289. The van der Waals surface area contributed by atoms with Crippen LogP contribution >= 0.6 is 0 Å².